The van der Waals surface area contributed by atoms with Crippen LogP contribution in [0.3, 0.4) is 0 Å². The summed E-state index contributed by atoms with van der Waals surface area (Å²) in [5.74, 6) is -0.706. The highest BCUT2D eigenvalue weighted by molar-refractivity contribution is 7.90. The van der Waals surface area contributed by atoms with Crippen LogP contribution < -0.4 is 4.90 Å². The minimum Gasteiger partial charge on any atom is -0.345 e. The molecule has 0 saturated carbocycles. The Hall–Kier alpha value is -2.23. The molecule has 1 fully saturated rings. The number of nitrogens with zero attached hydrogens (tertiary/aromatic N) is 3. The number of hydrogen-bond donors (Lipinski definition) is 0. The van der Waals surface area contributed by atoms with Crippen molar-refractivity contribution in [1.82, 2.24) is 9.88 Å². The average Bonchev–Trinajstić information content (AvgIpc) is 3.10. The number of piperazine rings is 1. The molecule has 1 aliphatic rings. The molecule has 0 spiro atoms. The molecule has 1 aliphatic heterocycles. The van der Waals surface area contributed by atoms with E-state index >= 15 is 0 Å². The fourth-order valence-corrected chi connectivity index (χ4v) is 5.22. The zero-order valence-electron chi connectivity index (χ0n) is 15.4. The van der Waals surface area contributed by atoms with Crippen LogP contribution in [0.15, 0.2) is 41.3 Å². The predicted octanol–water partition coefficient (Wildman–Crippen LogP) is 3.45. The standard InChI is InChI=1S/C19H17ClFN3O3S2/c1-29(26,27)13-3-5-16-17(11-13)28-19(22-16)24-8-6-23(7-9-24)18(25)14-4-2-12(21)10-15(14)20/h2-5,10-11H,6-9H2,1H3. The number of carbonyl (C=O) groups is 1. The first-order chi connectivity index (χ1) is 13.7. The zero-order chi connectivity index (χ0) is 20.8. The largest absolute Gasteiger partial charge is 0.345 e. The second kappa shape index (κ2) is 7.55. The van der Waals surface area contributed by atoms with E-state index in [-0.39, 0.29) is 21.4 Å². The van der Waals surface area contributed by atoms with E-state index in [1.54, 1.807) is 23.1 Å². The van der Waals surface area contributed by atoms with Gasteiger partial charge >= 0.3 is 0 Å². The molecule has 0 atom stereocenters. The Morgan fingerprint density at radius 3 is 2.52 bits per heavy atom. The van der Waals surface area contributed by atoms with Crippen molar-refractivity contribution in [3.05, 3.63) is 52.8 Å². The molecule has 29 heavy (non-hydrogen) atoms. The highest BCUT2D eigenvalue weighted by Crippen LogP contribution is 2.31. The summed E-state index contributed by atoms with van der Waals surface area (Å²) in [7, 11) is -3.27. The van der Waals surface area contributed by atoms with E-state index in [4.69, 9.17) is 11.6 Å². The highest BCUT2D eigenvalue weighted by atomic mass is 35.5. The first-order valence-electron chi connectivity index (χ1n) is 8.82. The third-order valence-electron chi connectivity index (χ3n) is 4.78. The van der Waals surface area contributed by atoms with Gasteiger partial charge in [0.25, 0.3) is 5.91 Å². The summed E-state index contributed by atoms with van der Waals surface area (Å²) >= 11 is 7.44. The fourth-order valence-electron chi connectivity index (χ4n) is 3.19. The van der Waals surface area contributed by atoms with Crippen LogP contribution in [0.4, 0.5) is 9.52 Å². The highest BCUT2D eigenvalue weighted by Gasteiger charge is 2.25. The van der Waals surface area contributed by atoms with E-state index in [1.165, 1.54) is 29.7 Å². The van der Waals surface area contributed by atoms with E-state index in [1.807, 2.05) is 0 Å². The number of amides is 1. The maximum Gasteiger partial charge on any atom is 0.255 e. The van der Waals surface area contributed by atoms with E-state index in [2.05, 4.69) is 9.88 Å². The molecular weight excluding hydrogens is 437 g/mol. The minimum absolute atomic E-state index is 0.102. The number of aromatic nitrogens is 1. The van der Waals surface area contributed by atoms with Gasteiger partial charge in [-0.25, -0.2) is 17.8 Å². The molecule has 1 aromatic heterocycles. The third-order valence-corrected chi connectivity index (χ3v) is 7.28. The number of hydrogen-bond acceptors (Lipinski definition) is 6. The lowest BCUT2D eigenvalue weighted by atomic mass is 10.1. The molecule has 152 valence electrons. The summed E-state index contributed by atoms with van der Waals surface area (Å²) in [5, 5.41) is 0.892. The molecule has 0 bridgehead atoms. The molecule has 1 saturated heterocycles. The summed E-state index contributed by atoms with van der Waals surface area (Å²) in [4.78, 5) is 21.3. The zero-order valence-corrected chi connectivity index (χ0v) is 17.8. The SMILES string of the molecule is CS(=O)(=O)c1ccc2nc(N3CCN(C(=O)c4ccc(F)cc4Cl)CC3)sc2c1. The second-order valence-corrected chi connectivity index (χ2v) is 10.2. The number of sulfone groups is 1. The van der Waals surface area contributed by atoms with Crippen molar-refractivity contribution in [2.24, 2.45) is 0 Å². The summed E-state index contributed by atoms with van der Waals surface area (Å²) in [5.41, 5.74) is 1.03. The van der Waals surface area contributed by atoms with Crippen molar-refractivity contribution in [2.75, 3.05) is 37.3 Å². The molecule has 4 rings (SSSR count). The summed E-state index contributed by atoms with van der Waals surface area (Å²) in [6, 6.07) is 8.67. The van der Waals surface area contributed by atoms with Gasteiger partial charge in [0.15, 0.2) is 15.0 Å². The Morgan fingerprint density at radius 2 is 1.86 bits per heavy atom. The topological polar surface area (TPSA) is 70.6 Å². The summed E-state index contributed by atoms with van der Waals surface area (Å²) < 4.78 is 37.5. The molecule has 2 heterocycles. The van der Waals surface area contributed by atoms with Crippen molar-refractivity contribution in [3.63, 3.8) is 0 Å². The molecule has 0 radical (unpaired) electrons. The van der Waals surface area contributed by atoms with Crippen molar-refractivity contribution in [3.8, 4) is 0 Å². The summed E-state index contributed by atoms with van der Waals surface area (Å²) in [6.45, 7) is 2.14. The van der Waals surface area contributed by atoms with Gasteiger partial charge in [-0.1, -0.05) is 22.9 Å². The molecule has 0 N–H and O–H groups in total. The van der Waals surface area contributed by atoms with Gasteiger partial charge in [-0.05, 0) is 36.4 Å². The van der Waals surface area contributed by atoms with Crippen molar-refractivity contribution >= 4 is 54.0 Å². The monoisotopic (exact) mass is 453 g/mol. The Bertz CT molecular complexity index is 1200. The normalized spacial score (nSPS) is 15.1. The quantitative estimate of drug-likeness (QED) is 0.607. The minimum atomic E-state index is -3.27. The number of benzene rings is 2. The van der Waals surface area contributed by atoms with Crippen molar-refractivity contribution in [1.29, 1.82) is 0 Å². The molecule has 0 aliphatic carbocycles. The van der Waals surface area contributed by atoms with Gasteiger partial charge < -0.3 is 9.80 Å². The van der Waals surface area contributed by atoms with Crippen LogP contribution in [-0.2, 0) is 9.84 Å². The van der Waals surface area contributed by atoms with Crippen LogP contribution in [-0.4, -0.2) is 56.6 Å². The maximum absolute atomic E-state index is 13.2. The van der Waals surface area contributed by atoms with Crippen LogP contribution in [0.5, 0.6) is 0 Å². The van der Waals surface area contributed by atoms with E-state index in [9.17, 15) is 17.6 Å². The van der Waals surface area contributed by atoms with Crippen LogP contribution in [0.2, 0.25) is 5.02 Å². The van der Waals surface area contributed by atoms with E-state index in [0.29, 0.717) is 26.2 Å². The first kappa shape index (κ1) is 20.1. The average molecular weight is 454 g/mol. The Kier molecular flexibility index (Phi) is 5.22. The van der Waals surface area contributed by atoms with Crippen LogP contribution in [0.1, 0.15) is 10.4 Å². The molecule has 0 unspecified atom stereocenters. The van der Waals surface area contributed by atoms with Gasteiger partial charge in [0.05, 0.1) is 25.7 Å². The lowest BCUT2D eigenvalue weighted by molar-refractivity contribution is 0.0747. The predicted molar refractivity (Wildman–Crippen MR) is 112 cm³/mol. The second-order valence-electron chi connectivity index (χ2n) is 6.80. The van der Waals surface area contributed by atoms with Gasteiger partial charge in [-0.2, -0.15) is 0 Å². The summed E-state index contributed by atoms with van der Waals surface area (Å²) in [6.07, 6.45) is 1.18. The van der Waals surface area contributed by atoms with Gasteiger partial charge in [-0.3, -0.25) is 4.79 Å². The molecule has 2 aromatic carbocycles. The molecule has 1 amide bonds. The van der Waals surface area contributed by atoms with Gasteiger partial charge in [0, 0.05) is 32.4 Å². The lowest BCUT2D eigenvalue weighted by Crippen LogP contribution is -2.48. The smallest absolute Gasteiger partial charge is 0.255 e. The van der Waals surface area contributed by atoms with Gasteiger partial charge in [0.1, 0.15) is 5.82 Å². The van der Waals surface area contributed by atoms with E-state index in [0.717, 1.165) is 21.4 Å². The lowest BCUT2D eigenvalue weighted by Gasteiger charge is -2.34. The number of anilines is 1. The van der Waals surface area contributed by atoms with Crippen molar-refractivity contribution in [2.45, 2.75) is 4.90 Å². The molecule has 10 heteroatoms. The number of carbonyl (C=O) groups excluding carboxylic acids is 1. The molecule has 3 aromatic rings. The van der Waals surface area contributed by atoms with Gasteiger partial charge in [0.2, 0.25) is 0 Å². The number of halogens is 2. The van der Waals surface area contributed by atoms with Gasteiger partial charge in [-0.15, -0.1) is 0 Å². The van der Waals surface area contributed by atoms with Crippen LogP contribution in [0, 0.1) is 5.82 Å². The Labute approximate surface area is 176 Å². The fraction of sp³-hybridized carbons (Fsp3) is 0.263. The van der Waals surface area contributed by atoms with Crippen molar-refractivity contribution < 1.29 is 17.6 Å². The van der Waals surface area contributed by atoms with E-state index < -0.39 is 15.7 Å². The number of thiazole rings is 1. The maximum atomic E-state index is 13.2. The van der Waals surface area contributed by atoms with Crippen LogP contribution in [0.25, 0.3) is 10.2 Å². The Balaban J connectivity index is 1.48. The first-order valence-corrected chi connectivity index (χ1v) is 11.9. The Morgan fingerprint density at radius 1 is 1.14 bits per heavy atom. The van der Waals surface area contributed by atoms with Crippen LogP contribution >= 0.6 is 22.9 Å². The number of fused-ring (bicyclic) bond motifs is 1. The number of rotatable bonds is 3. The third kappa shape index (κ3) is 4.08. The molecule has 6 nitrogen and oxygen atoms in total. The molecular formula is C19H17ClFN3O3S2.